The molecule has 1 aromatic carbocycles. The normalized spacial score (nSPS) is 16.0. The highest BCUT2D eigenvalue weighted by atomic mass is 16.3. The Kier molecular flexibility index (Phi) is 5.43. The second kappa shape index (κ2) is 7.73. The molecule has 1 aromatic heterocycles. The Hall–Kier alpha value is -1.98. The minimum absolute atomic E-state index is 0.102. The molecule has 1 amide bonds. The Morgan fingerprint density at radius 1 is 1.29 bits per heavy atom. The molecule has 1 fully saturated rings. The van der Waals surface area contributed by atoms with Crippen molar-refractivity contribution in [1.82, 2.24) is 14.8 Å². The van der Waals surface area contributed by atoms with E-state index in [0.29, 0.717) is 6.04 Å². The summed E-state index contributed by atoms with van der Waals surface area (Å²) in [6, 6.07) is 10.1. The standard InChI is InChI=1S/C19H25N3O2/c1-21(11-4-14-23)15-8-12-22(13-9-15)19(24)17-7-10-20-18-6-3-2-5-16(17)18/h2-3,5-7,10,15,23H,4,8-9,11-14H2,1H3. The van der Waals surface area contributed by atoms with Crippen molar-refractivity contribution in [3.63, 3.8) is 0 Å². The number of nitrogens with zero attached hydrogens (tertiary/aromatic N) is 3. The van der Waals surface area contributed by atoms with Gasteiger partial charge in [0.25, 0.3) is 5.91 Å². The van der Waals surface area contributed by atoms with Gasteiger partial charge in [-0.25, -0.2) is 0 Å². The Morgan fingerprint density at radius 3 is 2.79 bits per heavy atom. The van der Waals surface area contributed by atoms with Gasteiger partial charge in [0.15, 0.2) is 0 Å². The molecule has 1 N–H and O–H groups in total. The molecule has 0 aliphatic carbocycles. The minimum atomic E-state index is 0.102. The van der Waals surface area contributed by atoms with Crippen LogP contribution >= 0.6 is 0 Å². The summed E-state index contributed by atoms with van der Waals surface area (Å²) in [7, 11) is 2.11. The molecular weight excluding hydrogens is 302 g/mol. The number of rotatable bonds is 5. The molecule has 24 heavy (non-hydrogen) atoms. The fraction of sp³-hybridized carbons (Fsp3) is 0.474. The maximum Gasteiger partial charge on any atom is 0.254 e. The third-order valence-electron chi connectivity index (χ3n) is 4.92. The minimum Gasteiger partial charge on any atom is -0.396 e. The summed E-state index contributed by atoms with van der Waals surface area (Å²) in [5.41, 5.74) is 1.61. The summed E-state index contributed by atoms with van der Waals surface area (Å²) in [5.74, 6) is 0.102. The zero-order valence-corrected chi connectivity index (χ0v) is 14.2. The van der Waals surface area contributed by atoms with E-state index in [2.05, 4.69) is 16.9 Å². The number of aliphatic hydroxyl groups is 1. The van der Waals surface area contributed by atoms with E-state index in [9.17, 15) is 4.79 Å². The van der Waals surface area contributed by atoms with Crippen LogP contribution < -0.4 is 0 Å². The number of para-hydroxylation sites is 1. The zero-order chi connectivity index (χ0) is 16.9. The number of pyridine rings is 1. The van der Waals surface area contributed by atoms with E-state index in [-0.39, 0.29) is 12.5 Å². The van der Waals surface area contributed by atoms with E-state index in [1.54, 1.807) is 6.20 Å². The number of amides is 1. The Labute approximate surface area is 142 Å². The number of benzene rings is 1. The van der Waals surface area contributed by atoms with E-state index in [1.807, 2.05) is 35.2 Å². The van der Waals surface area contributed by atoms with Gasteiger partial charge in [0.2, 0.25) is 0 Å². The molecule has 0 spiro atoms. The number of piperidine rings is 1. The molecule has 0 unspecified atom stereocenters. The second-order valence-electron chi connectivity index (χ2n) is 6.46. The molecule has 0 saturated carbocycles. The van der Waals surface area contributed by atoms with Crippen molar-refractivity contribution in [2.45, 2.75) is 25.3 Å². The number of aromatic nitrogens is 1. The molecule has 5 heteroatoms. The van der Waals surface area contributed by atoms with E-state index in [1.165, 1.54) is 0 Å². The number of hydrogen-bond donors (Lipinski definition) is 1. The van der Waals surface area contributed by atoms with Crippen molar-refractivity contribution in [3.05, 3.63) is 42.1 Å². The second-order valence-corrected chi connectivity index (χ2v) is 6.46. The summed E-state index contributed by atoms with van der Waals surface area (Å²) >= 11 is 0. The highest BCUT2D eigenvalue weighted by Gasteiger charge is 2.26. The molecule has 2 aromatic rings. The maximum absolute atomic E-state index is 12.9. The van der Waals surface area contributed by atoms with Crippen LogP contribution in [0.1, 0.15) is 29.6 Å². The van der Waals surface area contributed by atoms with Crippen LogP contribution in [0.25, 0.3) is 10.9 Å². The van der Waals surface area contributed by atoms with E-state index < -0.39 is 0 Å². The lowest BCUT2D eigenvalue weighted by Crippen LogP contribution is -2.45. The molecular formula is C19H25N3O2. The molecule has 3 rings (SSSR count). The fourth-order valence-electron chi connectivity index (χ4n) is 3.47. The first kappa shape index (κ1) is 16.9. The molecule has 1 saturated heterocycles. The largest absolute Gasteiger partial charge is 0.396 e. The van der Waals surface area contributed by atoms with E-state index >= 15 is 0 Å². The molecule has 128 valence electrons. The van der Waals surface area contributed by atoms with Crippen molar-refractivity contribution in [2.75, 3.05) is 33.3 Å². The van der Waals surface area contributed by atoms with Gasteiger partial charge in [-0.05, 0) is 38.4 Å². The van der Waals surface area contributed by atoms with E-state index in [0.717, 1.165) is 55.4 Å². The van der Waals surface area contributed by atoms with Gasteiger partial charge in [-0.1, -0.05) is 18.2 Å². The molecule has 0 bridgehead atoms. The van der Waals surface area contributed by atoms with E-state index in [4.69, 9.17) is 5.11 Å². The van der Waals surface area contributed by atoms with Crippen LogP contribution in [-0.2, 0) is 0 Å². The zero-order valence-electron chi connectivity index (χ0n) is 14.2. The molecule has 2 heterocycles. The van der Waals surface area contributed by atoms with Gasteiger partial charge in [0.05, 0.1) is 11.1 Å². The number of carbonyl (C=O) groups is 1. The summed E-state index contributed by atoms with van der Waals surface area (Å²) in [6.07, 6.45) is 4.48. The first-order valence-corrected chi connectivity index (χ1v) is 8.65. The predicted octanol–water partition coefficient (Wildman–Crippen LogP) is 2.15. The lowest BCUT2D eigenvalue weighted by atomic mass is 10.0. The lowest BCUT2D eigenvalue weighted by molar-refractivity contribution is 0.0643. The summed E-state index contributed by atoms with van der Waals surface area (Å²) in [5, 5.41) is 9.88. The predicted molar refractivity (Wildman–Crippen MR) is 95.0 cm³/mol. The summed E-state index contributed by atoms with van der Waals surface area (Å²) < 4.78 is 0. The number of likely N-dealkylation sites (tertiary alicyclic amines) is 1. The topological polar surface area (TPSA) is 56.7 Å². The van der Waals surface area contributed by atoms with Gasteiger partial charge in [0.1, 0.15) is 0 Å². The highest BCUT2D eigenvalue weighted by molar-refractivity contribution is 6.05. The van der Waals surface area contributed by atoms with Crippen molar-refractivity contribution in [1.29, 1.82) is 0 Å². The van der Waals surface area contributed by atoms with Crippen molar-refractivity contribution in [3.8, 4) is 0 Å². The molecule has 1 aliphatic heterocycles. The van der Waals surface area contributed by atoms with Gasteiger partial charge in [-0.2, -0.15) is 0 Å². The average molecular weight is 327 g/mol. The van der Waals surface area contributed by atoms with Crippen LogP contribution in [0.2, 0.25) is 0 Å². The number of aliphatic hydroxyl groups excluding tert-OH is 1. The first-order chi connectivity index (χ1) is 11.7. The van der Waals surface area contributed by atoms with Gasteiger partial charge in [-0.15, -0.1) is 0 Å². The third-order valence-corrected chi connectivity index (χ3v) is 4.92. The van der Waals surface area contributed by atoms with Crippen LogP contribution in [-0.4, -0.2) is 65.1 Å². The average Bonchev–Trinajstić information content (AvgIpc) is 2.65. The Morgan fingerprint density at radius 2 is 2.04 bits per heavy atom. The molecule has 0 atom stereocenters. The maximum atomic E-state index is 12.9. The van der Waals surface area contributed by atoms with Gasteiger partial charge >= 0.3 is 0 Å². The molecule has 0 radical (unpaired) electrons. The van der Waals surface area contributed by atoms with Crippen molar-refractivity contribution in [2.24, 2.45) is 0 Å². The summed E-state index contributed by atoms with van der Waals surface area (Å²) in [4.78, 5) is 21.5. The molecule has 1 aliphatic rings. The van der Waals surface area contributed by atoms with Crippen LogP contribution in [0.3, 0.4) is 0 Å². The Balaban J connectivity index is 1.67. The van der Waals surface area contributed by atoms with Gasteiger partial charge in [0, 0.05) is 43.9 Å². The number of hydrogen-bond acceptors (Lipinski definition) is 4. The quantitative estimate of drug-likeness (QED) is 0.914. The number of carbonyl (C=O) groups excluding carboxylic acids is 1. The van der Waals surface area contributed by atoms with Crippen LogP contribution in [0.4, 0.5) is 0 Å². The lowest BCUT2D eigenvalue weighted by Gasteiger charge is -2.37. The fourth-order valence-corrected chi connectivity index (χ4v) is 3.47. The highest BCUT2D eigenvalue weighted by Crippen LogP contribution is 2.21. The number of fused-ring (bicyclic) bond motifs is 1. The summed E-state index contributed by atoms with van der Waals surface area (Å²) in [6.45, 7) is 2.70. The third kappa shape index (κ3) is 3.57. The SMILES string of the molecule is CN(CCCO)C1CCN(C(=O)c2ccnc3ccccc23)CC1. The van der Waals surface area contributed by atoms with Crippen molar-refractivity contribution < 1.29 is 9.90 Å². The van der Waals surface area contributed by atoms with Crippen LogP contribution in [0, 0.1) is 0 Å². The Bertz CT molecular complexity index is 691. The monoisotopic (exact) mass is 327 g/mol. The smallest absolute Gasteiger partial charge is 0.254 e. The first-order valence-electron chi connectivity index (χ1n) is 8.65. The van der Waals surface area contributed by atoms with Gasteiger partial charge in [-0.3, -0.25) is 9.78 Å². The van der Waals surface area contributed by atoms with Gasteiger partial charge < -0.3 is 14.9 Å². The van der Waals surface area contributed by atoms with Crippen molar-refractivity contribution >= 4 is 16.8 Å². The van der Waals surface area contributed by atoms with Crippen LogP contribution in [0.15, 0.2) is 36.5 Å². The molecule has 5 nitrogen and oxygen atoms in total. The van der Waals surface area contributed by atoms with Crippen LogP contribution in [0.5, 0.6) is 0 Å².